The van der Waals surface area contributed by atoms with Gasteiger partial charge in [0.1, 0.15) is 6.54 Å². The van der Waals surface area contributed by atoms with Gasteiger partial charge in [-0.25, -0.2) is 4.99 Å². The summed E-state index contributed by atoms with van der Waals surface area (Å²) < 4.78 is 0. The fraction of sp³-hybridized carbons (Fsp3) is 0.600. The van der Waals surface area contributed by atoms with Gasteiger partial charge in [-0.05, 0) is 50.3 Å². The Morgan fingerprint density at radius 3 is 2.42 bits per heavy atom. The van der Waals surface area contributed by atoms with Crippen LogP contribution in [-0.4, -0.2) is 49.5 Å². The monoisotopic (exact) mass is 376 g/mol. The summed E-state index contributed by atoms with van der Waals surface area (Å²) in [5.74, 6) is 0.844. The topological polar surface area (TPSA) is 56.7 Å². The summed E-state index contributed by atoms with van der Waals surface area (Å²) in [5, 5.41) is 7.48. The van der Waals surface area contributed by atoms with E-state index in [-0.39, 0.29) is 17.9 Å². The maximum absolute atomic E-state index is 12.2. The number of carbonyl (C=O) groups is 1. The standard InChI is InChI=1S/C20H29ClN4O/c1-2-22-19(23-14-18(26)25-12-3-4-13-25)24-15-20(10-5-11-20)16-6-8-17(21)9-7-16/h6-9H,2-5,10-15H2,1H3,(H2,22,23,24). The maximum atomic E-state index is 12.2. The molecule has 1 aliphatic heterocycles. The minimum absolute atomic E-state index is 0.121. The van der Waals surface area contributed by atoms with E-state index in [0.29, 0.717) is 0 Å². The van der Waals surface area contributed by atoms with Crippen LogP contribution in [0.1, 0.15) is 44.6 Å². The molecule has 1 saturated carbocycles. The number of nitrogens with zero attached hydrogens (tertiary/aromatic N) is 2. The summed E-state index contributed by atoms with van der Waals surface area (Å²) >= 11 is 6.04. The molecule has 0 spiro atoms. The summed E-state index contributed by atoms with van der Waals surface area (Å²) in [5.41, 5.74) is 1.46. The van der Waals surface area contributed by atoms with E-state index in [0.717, 1.165) is 62.8 Å². The summed E-state index contributed by atoms with van der Waals surface area (Å²) in [7, 11) is 0. The summed E-state index contributed by atoms with van der Waals surface area (Å²) in [6.45, 7) is 5.59. The Balaban J connectivity index is 1.60. The third kappa shape index (κ3) is 4.50. The molecule has 0 aromatic heterocycles. The van der Waals surface area contributed by atoms with Crippen molar-refractivity contribution in [3.63, 3.8) is 0 Å². The first-order chi connectivity index (χ1) is 12.6. The van der Waals surface area contributed by atoms with Gasteiger partial charge in [0.25, 0.3) is 0 Å². The highest BCUT2D eigenvalue weighted by atomic mass is 35.5. The smallest absolute Gasteiger partial charge is 0.244 e. The van der Waals surface area contributed by atoms with E-state index in [9.17, 15) is 4.79 Å². The number of halogens is 1. The van der Waals surface area contributed by atoms with E-state index in [4.69, 9.17) is 11.6 Å². The van der Waals surface area contributed by atoms with Crippen molar-refractivity contribution >= 4 is 23.5 Å². The van der Waals surface area contributed by atoms with Gasteiger partial charge in [0.15, 0.2) is 5.96 Å². The van der Waals surface area contributed by atoms with E-state index in [1.165, 1.54) is 12.0 Å². The van der Waals surface area contributed by atoms with Gasteiger partial charge in [0.2, 0.25) is 5.91 Å². The molecule has 3 rings (SSSR count). The van der Waals surface area contributed by atoms with Gasteiger partial charge in [-0.1, -0.05) is 30.2 Å². The summed E-state index contributed by atoms with van der Waals surface area (Å²) in [4.78, 5) is 18.6. The number of aliphatic imine (C=N–C) groups is 1. The van der Waals surface area contributed by atoms with Gasteiger partial charge in [-0.3, -0.25) is 4.79 Å². The minimum Gasteiger partial charge on any atom is -0.357 e. The molecule has 0 unspecified atom stereocenters. The number of guanidine groups is 1. The molecular weight excluding hydrogens is 348 g/mol. The fourth-order valence-electron chi connectivity index (χ4n) is 3.78. The lowest BCUT2D eigenvalue weighted by molar-refractivity contribution is -0.128. The minimum atomic E-state index is 0.121. The molecule has 0 atom stereocenters. The predicted molar refractivity (Wildman–Crippen MR) is 107 cm³/mol. The van der Waals surface area contributed by atoms with Crippen LogP contribution in [0.25, 0.3) is 0 Å². The van der Waals surface area contributed by atoms with Crippen LogP contribution >= 0.6 is 11.6 Å². The molecule has 2 aliphatic rings. The van der Waals surface area contributed by atoms with Crippen LogP contribution in [0.4, 0.5) is 0 Å². The molecule has 0 bridgehead atoms. The molecule has 1 aromatic rings. The highest BCUT2D eigenvalue weighted by Gasteiger charge is 2.38. The van der Waals surface area contributed by atoms with Gasteiger partial charge in [0.05, 0.1) is 0 Å². The van der Waals surface area contributed by atoms with Gasteiger partial charge in [-0.2, -0.15) is 0 Å². The molecule has 26 heavy (non-hydrogen) atoms. The second kappa shape index (κ2) is 8.76. The molecule has 5 nitrogen and oxygen atoms in total. The first-order valence-electron chi connectivity index (χ1n) is 9.69. The quantitative estimate of drug-likeness (QED) is 0.592. The lowest BCUT2D eigenvalue weighted by Gasteiger charge is -2.43. The number of rotatable bonds is 6. The Hall–Kier alpha value is -1.75. The Morgan fingerprint density at radius 2 is 1.85 bits per heavy atom. The van der Waals surface area contributed by atoms with Gasteiger partial charge in [0, 0.05) is 36.6 Å². The summed E-state index contributed by atoms with van der Waals surface area (Å²) in [6.07, 6.45) is 5.78. The number of hydrogen-bond donors (Lipinski definition) is 2. The number of amides is 1. The number of likely N-dealkylation sites (tertiary alicyclic amines) is 1. The molecule has 1 aliphatic carbocycles. The highest BCUT2D eigenvalue weighted by Crippen LogP contribution is 2.43. The van der Waals surface area contributed by atoms with E-state index in [1.54, 1.807) is 0 Å². The maximum Gasteiger partial charge on any atom is 0.244 e. The van der Waals surface area contributed by atoms with Crippen molar-refractivity contribution in [3.05, 3.63) is 34.9 Å². The molecular formula is C20H29ClN4O. The third-order valence-corrected chi connectivity index (χ3v) is 5.79. The molecule has 2 fully saturated rings. The Labute approximate surface area is 161 Å². The average Bonchev–Trinajstić information content (AvgIpc) is 3.14. The Bertz CT molecular complexity index is 634. The molecule has 142 valence electrons. The van der Waals surface area contributed by atoms with Crippen LogP contribution in [0.3, 0.4) is 0 Å². The first-order valence-corrected chi connectivity index (χ1v) is 10.1. The number of hydrogen-bond acceptors (Lipinski definition) is 2. The van der Waals surface area contributed by atoms with E-state index in [1.807, 2.05) is 24.0 Å². The van der Waals surface area contributed by atoms with Crippen molar-refractivity contribution in [3.8, 4) is 0 Å². The predicted octanol–water partition coefficient (Wildman–Crippen LogP) is 2.94. The SMILES string of the molecule is CCNC(=NCC(=O)N1CCCC1)NCC1(c2ccc(Cl)cc2)CCC1. The normalized spacial score (nSPS) is 19.2. The van der Waals surface area contributed by atoms with Gasteiger partial charge < -0.3 is 15.5 Å². The van der Waals surface area contributed by atoms with Crippen LogP contribution < -0.4 is 10.6 Å². The Kier molecular flexibility index (Phi) is 6.41. The van der Waals surface area contributed by atoms with Crippen molar-refractivity contribution in [2.75, 3.05) is 32.7 Å². The zero-order valence-electron chi connectivity index (χ0n) is 15.6. The zero-order valence-corrected chi connectivity index (χ0v) is 16.3. The Morgan fingerprint density at radius 1 is 1.15 bits per heavy atom. The second-order valence-corrected chi connectivity index (χ2v) is 7.71. The number of benzene rings is 1. The van der Waals surface area contributed by atoms with Gasteiger partial charge in [-0.15, -0.1) is 0 Å². The van der Waals surface area contributed by atoms with E-state index >= 15 is 0 Å². The van der Waals surface area contributed by atoms with E-state index < -0.39 is 0 Å². The van der Waals surface area contributed by atoms with Crippen LogP contribution in [0.2, 0.25) is 5.02 Å². The molecule has 2 N–H and O–H groups in total. The fourth-order valence-corrected chi connectivity index (χ4v) is 3.91. The molecule has 1 saturated heterocycles. The van der Waals surface area contributed by atoms with Crippen molar-refractivity contribution in [2.45, 2.75) is 44.4 Å². The van der Waals surface area contributed by atoms with Gasteiger partial charge >= 0.3 is 0 Å². The van der Waals surface area contributed by atoms with Crippen LogP contribution in [0.5, 0.6) is 0 Å². The zero-order chi connectivity index (χ0) is 18.4. The second-order valence-electron chi connectivity index (χ2n) is 7.28. The van der Waals surface area contributed by atoms with Crippen molar-refractivity contribution in [2.24, 2.45) is 4.99 Å². The molecule has 1 aromatic carbocycles. The van der Waals surface area contributed by atoms with Crippen LogP contribution in [0.15, 0.2) is 29.3 Å². The average molecular weight is 377 g/mol. The lowest BCUT2D eigenvalue weighted by Crippen LogP contribution is -2.49. The lowest BCUT2D eigenvalue weighted by atomic mass is 9.64. The molecule has 1 heterocycles. The first kappa shape index (κ1) is 19.0. The van der Waals surface area contributed by atoms with Crippen molar-refractivity contribution < 1.29 is 4.79 Å². The van der Waals surface area contributed by atoms with E-state index in [2.05, 4.69) is 27.8 Å². The summed E-state index contributed by atoms with van der Waals surface area (Å²) in [6, 6.07) is 8.18. The highest BCUT2D eigenvalue weighted by molar-refractivity contribution is 6.30. The van der Waals surface area contributed by atoms with Crippen molar-refractivity contribution in [1.82, 2.24) is 15.5 Å². The molecule has 0 radical (unpaired) electrons. The largest absolute Gasteiger partial charge is 0.357 e. The van der Waals surface area contributed by atoms with Crippen LogP contribution in [0, 0.1) is 0 Å². The number of nitrogens with one attached hydrogen (secondary N) is 2. The van der Waals surface area contributed by atoms with Crippen LogP contribution in [-0.2, 0) is 10.2 Å². The third-order valence-electron chi connectivity index (χ3n) is 5.54. The number of carbonyl (C=O) groups excluding carboxylic acids is 1. The molecule has 1 amide bonds. The van der Waals surface area contributed by atoms with Crippen molar-refractivity contribution in [1.29, 1.82) is 0 Å². The molecule has 6 heteroatoms.